The van der Waals surface area contributed by atoms with Gasteiger partial charge in [0.1, 0.15) is 0 Å². The highest BCUT2D eigenvalue weighted by Crippen LogP contribution is 2.37. The van der Waals surface area contributed by atoms with Crippen molar-refractivity contribution in [1.29, 1.82) is 0 Å². The summed E-state index contributed by atoms with van der Waals surface area (Å²) in [5.41, 5.74) is 0. The predicted molar refractivity (Wildman–Crippen MR) is 68.5 cm³/mol. The van der Waals surface area contributed by atoms with E-state index in [0.717, 1.165) is 19.5 Å². The number of aliphatic hydroxyl groups excluding tert-OH is 1. The summed E-state index contributed by atoms with van der Waals surface area (Å²) in [6, 6.07) is 0. The molecule has 0 aromatic rings. The van der Waals surface area contributed by atoms with Gasteiger partial charge in [-0.05, 0) is 25.5 Å². The summed E-state index contributed by atoms with van der Waals surface area (Å²) in [6.07, 6.45) is 9.72. The Kier molecular flexibility index (Phi) is 6.02. The normalized spacial score (nSPS) is 22.6. The van der Waals surface area contributed by atoms with Gasteiger partial charge in [0.15, 0.2) is 0 Å². The van der Waals surface area contributed by atoms with Crippen molar-refractivity contribution in [2.24, 2.45) is 0 Å². The van der Waals surface area contributed by atoms with E-state index in [-0.39, 0.29) is 6.10 Å². The van der Waals surface area contributed by atoms with E-state index in [1.165, 1.54) is 32.1 Å². The van der Waals surface area contributed by atoms with E-state index < -0.39 is 0 Å². The first kappa shape index (κ1) is 13.3. The lowest BCUT2D eigenvalue weighted by molar-refractivity contribution is 0.165. The minimum atomic E-state index is -0.174. The van der Waals surface area contributed by atoms with Gasteiger partial charge in [-0.1, -0.05) is 26.2 Å². The van der Waals surface area contributed by atoms with E-state index in [2.05, 4.69) is 11.6 Å². The lowest BCUT2D eigenvalue weighted by Gasteiger charge is -2.36. The number of hydrogen-bond acceptors (Lipinski definition) is 3. The van der Waals surface area contributed by atoms with Crippen LogP contribution in [0.5, 0.6) is 0 Å². The maximum Gasteiger partial charge on any atom is 0.0662 e. The Morgan fingerprint density at radius 2 is 2.00 bits per heavy atom. The van der Waals surface area contributed by atoms with Crippen LogP contribution < -0.4 is 5.32 Å². The number of thioether (sulfide) groups is 1. The number of rotatable bonds is 6. The van der Waals surface area contributed by atoms with Crippen molar-refractivity contribution < 1.29 is 5.11 Å². The summed E-state index contributed by atoms with van der Waals surface area (Å²) in [6.45, 7) is 3.83. The van der Waals surface area contributed by atoms with Gasteiger partial charge in [0.2, 0.25) is 0 Å². The average molecular weight is 231 g/mol. The van der Waals surface area contributed by atoms with Crippen molar-refractivity contribution in [2.45, 2.75) is 56.3 Å². The summed E-state index contributed by atoms with van der Waals surface area (Å²) < 4.78 is 0.450. The summed E-state index contributed by atoms with van der Waals surface area (Å²) >= 11 is 2.01. The molecular formula is C12H25NOS. The first-order valence-electron chi connectivity index (χ1n) is 6.16. The molecule has 0 aliphatic heterocycles. The molecular weight excluding hydrogens is 206 g/mol. The Hall–Kier alpha value is 0.270. The molecule has 1 saturated carbocycles. The Bertz CT molecular complexity index is 169. The van der Waals surface area contributed by atoms with Crippen molar-refractivity contribution in [3.05, 3.63) is 0 Å². The molecule has 2 N–H and O–H groups in total. The van der Waals surface area contributed by atoms with Gasteiger partial charge in [-0.2, -0.15) is 11.8 Å². The fraction of sp³-hybridized carbons (Fsp3) is 1.00. The van der Waals surface area contributed by atoms with E-state index in [4.69, 9.17) is 0 Å². The van der Waals surface area contributed by atoms with Crippen LogP contribution in [-0.4, -0.2) is 35.3 Å². The monoisotopic (exact) mass is 231 g/mol. The third kappa shape index (κ3) is 4.33. The molecule has 1 rings (SSSR count). The van der Waals surface area contributed by atoms with Crippen LogP contribution in [0, 0.1) is 0 Å². The molecule has 1 unspecified atom stereocenters. The van der Waals surface area contributed by atoms with Gasteiger partial charge >= 0.3 is 0 Å². The van der Waals surface area contributed by atoms with Crippen molar-refractivity contribution in [2.75, 3.05) is 19.3 Å². The van der Waals surface area contributed by atoms with Crippen LogP contribution in [0.4, 0.5) is 0 Å². The van der Waals surface area contributed by atoms with E-state index in [1.807, 2.05) is 18.7 Å². The fourth-order valence-electron chi connectivity index (χ4n) is 2.26. The molecule has 0 aromatic heterocycles. The van der Waals surface area contributed by atoms with Crippen molar-refractivity contribution in [1.82, 2.24) is 5.32 Å². The fourth-order valence-corrected chi connectivity index (χ4v) is 3.20. The average Bonchev–Trinajstić information content (AvgIpc) is 2.30. The Morgan fingerprint density at radius 3 is 2.53 bits per heavy atom. The van der Waals surface area contributed by atoms with Crippen LogP contribution in [0.2, 0.25) is 0 Å². The molecule has 0 spiro atoms. The molecule has 0 aromatic carbocycles. The molecule has 0 saturated heterocycles. The van der Waals surface area contributed by atoms with Gasteiger partial charge in [0.25, 0.3) is 0 Å². The largest absolute Gasteiger partial charge is 0.392 e. The molecule has 0 heterocycles. The summed E-state index contributed by atoms with van der Waals surface area (Å²) in [7, 11) is 0. The lowest BCUT2D eigenvalue weighted by atomic mass is 9.88. The molecule has 90 valence electrons. The van der Waals surface area contributed by atoms with E-state index in [9.17, 15) is 5.11 Å². The van der Waals surface area contributed by atoms with E-state index in [0.29, 0.717) is 4.75 Å². The molecule has 0 bridgehead atoms. The minimum Gasteiger partial charge on any atom is -0.392 e. The van der Waals surface area contributed by atoms with Crippen LogP contribution in [0.1, 0.15) is 45.4 Å². The second-order valence-corrected chi connectivity index (χ2v) is 5.92. The first-order chi connectivity index (χ1) is 7.22. The maximum absolute atomic E-state index is 9.47. The van der Waals surface area contributed by atoms with Crippen molar-refractivity contribution >= 4 is 11.8 Å². The number of hydrogen-bond donors (Lipinski definition) is 2. The van der Waals surface area contributed by atoms with E-state index in [1.54, 1.807) is 0 Å². The lowest BCUT2D eigenvalue weighted by Crippen LogP contribution is -2.41. The maximum atomic E-state index is 9.47. The first-order valence-corrected chi connectivity index (χ1v) is 7.39. The van der Waals surface area contributed by atoms with Crippen LogP contribution >= 0.6 is 11.8 Å². The van der Waals surface area contributed by atoms with Gasteiger partial charge in [-0.3, -0.25) is 0 Å². The molecule has 1 atom stereocenters. The highest BCUT2D eigenvalue weighted by Gasteiger charge is 2.30. The minimum absolute atomic E-state index is 0.174. The highest BCUT2D eigenvalue weighted by molar-refractivity contribution is 8.00. The summed E-state index contributed by atoms with van der Waals surface area (Å²) in [5.74, 6) is 0. The summed E-state index contributed by atoms with van der Waals surface area (Å²) in [5, 5.41) is 12.9. The molecule has 3 heteroatoms. The van der Waals surface area contributed by atoms with Gasteiger partial charge in [0, 0.05) is 17.8 Å². The molecule has 15 heavy (non-hydrogen) atoms. The van der Waals surface area contributed by atoms with Crippen LogP contribution in [0.3, 0.4) is 0 Å². The summed E-state index contributed by atoms with van der Waals surface area (Å²) in [4.78, 5) is 0. The second-order valence-electron chi connectivity index (χ2n) is 4.64. The third-order valence-electron chi connectivity index (χ3n) is 3.50. The highest BCUT2D eigenvalue weighted by atomic mass is 32.2. The van der Waals surface area contributed by atoms with Crippen molar-refractivity contribution in [3.8, 4) is 0 Å². The Balaban J connectivity index is 2.26. The standard InChI is InChI=1S/C12H25NOS/c1-3-11(14)9-13-10-12(15-2)7-5-4-6-8-12/h11,13-14H,3-10H2,1-2H3. The molecule has 0 radical (unpaired) electrons. The topological polar surface area (TPSA) is 32.3 Å². The zero-order valence-corrected chi connectivity index (χ0v) is 10.9. The third-order valence-corrected chi connectivity index (χ3v) is 4.91. The number of nitrogens with one attached hydrogen (secondary N) is 1. The van der Waals surface area contributed by atoms with Gasteiger partial charge in [-0.25, -0.2) is 0 Å². The second kappa shape index (κ2) is 6.77. The molecule has 1 aliphatic rings. The van der Waals surface area contributed by atoms with Crippen LogP contribution in [0.25, 0.3) is 0 Å². The van der Waals surface area contributed by atoms with Gasteiger partial charge in [-0.15, -0.1) is 0 Å². The van der Waals surface area contributed by atoms with Gasteiger partial charge < -0.3 is 10.4 Å². The predicted octanol–water partition coefficient (Wildman–Crippen LogP) is 2.41. The smallest absolute Gasteiger partial charge is 0.0662 e. The Morgan fingerprint density at radius 1 is 1.33 bits per heavy atom. The zero-order chi connectivity index (χ0) is 11.1. The van der Waals surface area contributed by atoms with E-state index >= 15 is 0 Å². The zero-order valence-electron chi connectivity index (χ0n) is 10.1. The van der Waals surface area contributed by atoms with Crippen LogP contribution in [-0.2, 0) is 0 Å². The molecule has 0 amide bonds. The quantitative estimate of drug-likeness (QED) is 0.736. The Labute approximate surface area is 98.2 Å². The molecule has 1 fully saturated rings. The number of aliphatic hydroxyl groups is 1. The SMILES string of the molecule is CCC(O)CNCC1(SC)CCCCC1. The molecule has 1 aliphatic carbocycles. The molecule has 2 nitrogen and oxygen atoms in total. The van der Waals surface area contributed by atoms with Gasteiger partial charge in [0.05, 0.1) is 6.10 Å². The van der Waals surface area contributed by atoms with Crippen LogP contribution in [0.15, 0.2) is 0 Å². The van der Waals surface area contributed by atoms with Crippen molar-refractivity contribution in [3.63, 3.8) is 0 Å².